The van der Waals surface area contributed by atoms with Crippen molar-refractivity contribution in [3.63, 3.8) is 0 Å². The first-order valence-electron chi connectivity index (χ1n) is 10.2. The largest absolute Gasteiger partial charge is 0.206 e. The lowest BCUT2D eigenvalue weighted by atomic mass is 9.97. The van der Waals surface area contributed by atoms with E-state index >= 15 is 4.39 Å². The van der Waals surface area contributed by atoms with Crippen molar-refractivity contribution >= 4 is 10.8 Å². The number of hydrogen-bond donors (Lipinski definition) is 0. The Morgan fingerprint density at radius 3 is 1.97 bits per heavy atom. The zero-order valence-electron chi connectivity index (χ0n) is 17.4. The van der Waals surface area contributed by atoms with Crippen LogP contribution in [0.1, 0.15) is 30.0 Å². The van der Waals surface area contributed by atoms with Crippen LogP contribution in [-0.2, 0) is 6.42 Å². The quantitative estimate of drug-likeness (QED) is 0.169. The van der Waals surface area contributed by atoms with Crippen molar-refractivity contribution in [3.8, 4) is 23.0 Å². The average Bonchev–Trinajstić information content (AvgIpc) is 2.77. The third-order valence-electron chi connectivity index (χ3n) is 5.23. The lowest BCUT2D eigenvalue weighted by molar-refractivity contribution is 0.446. The van der Waals surface area contributed by atoms with E-state index in [0.717, 1.165) is 30.5 Å². The van der Waals surface area contributed by atoms with Crippen LogP contribution in [0, 0.1) is 46.7 Å². The lowest BCUT2D eigenvalue weighted by Crippen LogP contribution is -1.95. The molecular formula is C27H16F6. The van der Waals surface area contributed by atoms with E-state index in [4.69, 9.17) is 0 Å². The standard InChI is InChI=1S/C27H16F6/c1-2-3-15-4-7-19-17(10-15)6-9-20(26(19)32)18-13-22(28)21(23(29)14-18)8-5-16-11-24(30)27(33)25(31)12-16/h4,6-7,9-14H,2-3H2,1H3. The van der Waals surface area contributed by atoms with Gasteiger partial charge in [0.2, 0.25) is 0 Å². The Kier molecular flexibility index (Phi) is 6.15. The molecule has 4 aromatic rings. The molecule has 0 aliphatic heterocycles. The average molecular weight is 454 g/mol. The third-order valence-corrected chi connectivity index (χ3v) is 5.23. The van der Waals surface area contributed by atoms with E-state index in [9.17, 15) is 22.0 Å². The van der Waals surface area contributed by atoms with E-state index in [0.29, 0.717) is 22.9 Å². The SMILES string of the molecule is CCCc1ccc2c(F)c(-c3cc(F)c(C#Cc4cc(F)c(F)c(F)c4)c(F)c3)ccc2c1. The lowest BCUT2D eigenvalue weighted by Gasteiger charge is -2.10. The van der Waals surface area contributed by atoms with E-state index in [1.165, 1.54) is 6.07 Å². The Hall–Kier alpha value is -3.72. The molecule has 0 nitrogen and oxygen atoms in total. The predicted molar refractivity (Wildman–Crippen MR) is 116 cm³/mol. The fraction of sp³-hybridized carbons (Fsp3) is 0.111. The maximum atomic E-state index is 15.1. The van der Waals surface area contributed by atoms with Crippen LogP contribution in [0.25, 0.3) is 21.9 Å². The van der Waals surface area contributed by atoms with Crippen LogP contribution in [0.3, 0.4) is 0 Å². The van der Waals surface area contributed by atoms with Gasteiger partial charge in [0, 0.05) is 16.5 Å². The topological polar surface area (TPSA) is 0 Å². The molecule has 0 atom stereocenters. The highest BCUT2D eigenvalue weighted by Crippen LogP contribution is 2.31. The van der Waals surface area contributed by atoms with Crippen molar-refractivity contribution in [2.24, 2.45) is 0 Å². The van der Waals surface area contributed by atoms with E-state index < -0.39 is 40.5 Å². The molecule has 0 spiro atoms. The summed E-state index contributed by atoms with van der Waals surface area (Å²) in [6.07, 6.45) is 1.81. The number of fused-ring (bicyclic) bond motifs is 1. The predicted octanol–water partition coefficient (Wildman–Crippen LogP) is 7.69. The molecule has 0 bridgehead atoms. The number of halogens is 6. The Morgan fingerprint density at radius 2 is 1.33 bits per heavy atom. The molecule has 0 N–H and O–H groups in total. The first-order chi connectivity index (χ1) is 15.8. The minimum atomic E-state index is -1.67. The first kappa shape index (κ1) is 22.5. The Morgan fingerprint density at radius 1 is 0.667 bits per heavy atom. The molecule has 0 unspecified atom stereocenters. The molecule has 0 radical (unpaired) electrons. The molecule has 0 aromatic heterocycles. The van der Waals surface area contributed by atoms with Crippen molar-refractivity contribution in [3.05, 3.63) is 106 Å². The normalized spacial score (nSPS) is 10.9. The van der Waals surface area contributed by atoms with E-state index in [1.807, 2.05) is 19.1 Å². The highest BCUT2D eigenvalue weighted by molar-refractivity contribution is 5.89. The molecule has 0 aliphatic carbocycles. The van der Waals surface area contributed by atoms with Gasteiger partial charge in [0.25, 0.3) is 0 Å². The number of benzene rings is 4. The van der Waals surface area contributed by atoms with Crippen LogP contribution in [0.15, 0.2) is 54.6 Å². The summed E-state index contributed by atoms with van der Waals surface area (Å²) in [5.41, 5.74) is 0.113. The molecule has 0 amide bonds. The van der Waals surface area contributed by atoms with Gasteiger partial charge in [-0.3, -0.25) is 0 Å². The van der Waals surface area contributed by atoms with Gasteiger partial charge in [-0.05, 0) is 47.2 Å². The second kappa shape index (κ2) is 9.03. The molecule has 0 fully saturated rings. The van der Waals surface area contributed by atoms with Crippen LogP contribution in [0.5, 0.6) is 0 Å². The summed E-state index contributed by atoms with van der Waals surface area (Å²) in [5.74, 6) is -2.98. The molecule has 33 heavy (non-hydrogen) atoms. The summed E-state index contributed by atoms with van der Waals surface area (Å²) in [4.78, 5) is 0. The van der Waals surface area contributed by atoms with Gasteiger partial charge in [0.1, 0.15) is 17.5 Å². The van der Waals surface area contributed by atoms with Gasteiger partial charge in [-0.25, -0.2) is 26.3 Å². The van der Waals surface area contributed by atoms with Gasteiger partial charge in [0.15, 0.2) is 17.5 Å². The van der Waals surface area contributed by atoms with Crippen molar-refractivity contribution < 1.29 is 26.3 Å². The second-order valence-corrected chi connectivity index (χ2v) is 7.55. The zero-order chi connectivity index (χ0) is 23.7. The van der Waals surface area contributed by atoms with Gasteiger partial charge in [-0.15, -0.1) is 0 Å². The van der Waals surface area contributed by atoms with Gasteiger partial charge in [-0.1, -0.05) is 55.5 Å². The Bertz CT molecular complexity index is 1400. The summed E-state index contributed by atoms with van der Waals surface area (Å²) in [7, 11) is 0. The van der Waals surface area contributed by atoms with Crippen LogP contribution in [0.2, 0.25) is 0 Å². The first-order valence-corrected chi connectivity index (χ1v) is 10.2. The maximum absolute atomic E-state index is 15.1. The number of rotatable bonds is 3. The maximum Gasteiger partial charge on any atom is 0.194 e. The highest BCUT2D eigenvalue weighted by atomic mass is 19.2. The second-order valence-electron chi connectivity index (χ2n) is 7.55. The molecule has 166 valence electrons. The van der Waals surface area contributed by atoms with Gasteiger partial charge in [-0.2, -0.15) is 0 Å². The fourth-order valence-electron chi connectivity index (χ4n) is 3.62. The summed E-state index contributed by atoms with van der Waals surface area (Å²) in [6.45, 7) is 2.04. The van der Waals surface area contributed by atoms with E-state index in [-0.39, 0.29) is 16.7 Å². The minimum absolute atomic E-state index is 0.0192. The smallest absolute Gasteiger partial charge is 0.194 e. The van der Waals surface area contributed by atoms with Crippen LogP contribution < -0.4 is 0 Å². The summed E-state index contributed by atoms with van der Waals surface area (Å²) >= 11 is 0. The van der Waals surface area contributed by atoms with Crippen molar-refractivity contribution in [1.29, 1.82) is 0 Å². The van der Waals surface area contributed by atoms with Gasteiger partial charge >= 0.3 is 0 Å². The van der Waals surface area contributed by atoms with Crippen molar-refractivity contribution in [2.75, 3.05) is 0 Å². The van der Waals surface area contributed by atoms with Crippen LogP contribution >= 0.6 is 0 Å². The minimum Gasteiger partial charge on any atom is -0.206 e. The Balaban J connectivity index is 1.73. The molecule has 4 rings (SSSR count). The molecule has 0 aliphatic rings. The van der Waals surface area contributed by atoms with E-state index in [2.05, 4.69) is 11.8 Å². The summed E-state index contributed by atoms with van der Waals surface area (Å²) in [6, 6.07) is 11.6. The summed E-state index contributed by atoms with van der Waals surface area (Å²) < 4.78 is 84.1. The molecule has 0 heterocycles. The van der Waals surface area contributed by atoms with Crippen LogP contribution in [0.4, 0.5) is 26.3 Å². The summed E-state index contributed by atoms with van der Waals surface area (Å²) in [5, 5.41) is 1.02. The van der Waals surface area contributed by atoms with Gasteiger partial charge < -0.3 is 0 Å². The molecule has 0 saturated carbocycles. The van der Waals surface area contributed by atoms with Crippen molar-refractivity contribution in [1.82, 2.24) is 0 Å². The zero-order valence-corrected chi connectivity index (χ0v) is 17.4. The Labute approximate surface area is 186 Å². The van der Waals surface area contributed by atoms with E-state index in [1.54, 1.807) is 12.1 Å². The molecule has 6 heteroatoms. The molecule has 0 saturated heterocycles. The molecule has 4 aromatic carbocycles. The van der Waals surface area contributed by atoms with Crippen LogP contribution in [-0.4, -0.2) is 0 Å². The fourth-order valence-corrected chi connectivity index (χ4v) is 3.62. The monoisotopic (exact) mass is 454 g/mol. The van der Waals surface area contributed by atoms with Crippen molar-refractivity contribution in [2.45, 2.75) is 19.8 Å². The third kappa shape index (κ3) is 4.45. The number of hydrogen-bond acceptors (Lipinski definition) is 0. The molecular weight excluding hydrogens is 438 g/mol. The van der Waals surface area contributed by atoms with Gasteiger partial charge in [0.05, 0.1) is 5.56 Å². The highest BCUT2D eigenvalue weighted by Gasteiger charge is 2.15. The number of aryl methyl sites for hydroxylation is 1.